The van der Waals surface area contributed by atoms with Crippen molar-refractivity contribution >= 4 is 95.9 Å². The van der Waals surface area contributed by atoms with E-state index in [9.17, 15) is 0 Å². The molecule has 7 rings (SSSR count). The predicted octanol–water partition coefficient (Wildman–Crippen LogP) is 26.5. The van der Waals surface area contributed by atoms with E-state index in [-0.39, 0.29) is 40.8 Å². The van der Waals surface area contributed by atoms with Crippen molar-refractivity contribution in [3.8, 4) is 22.3 Å². The number of hydrogen-bond donors (Lipinski definition) is 0. The molecule has 0 saturated heterocycles. The second-order valence-electron chi connectivity index (χ2n) is 30.8. The van der Waals surface area contributed by atoms with Crippen LogP contribution in [-0.4, -0.2) is 82.6 Å². The van der Waals surface area contributed by atoms with Crippen molar-refractivity contribution in [3.05, 3.63) is 46.5 Å². The molecule has 0 aliphatic heterocycles. The molecule has 0 bridgehead atoms. The minimum atomic E-state index is -3.08. The van der Waals surface area contributed by atoms with Crippen LogP contribution in [0.2, 0.25) is 26.6 Å². The van der Waals surface area contributed by atoms with E-state index in [4.69, 9.17) is 15.9 Å². The van der Waals surface area contributed by atoms with Crippen LogP contribution in [0.25, 0.3) is 44.3 Å². The van der Waals surface area contributed by atoms with Gasteiger partial charge in [0.05, 0.1) is 0 Å². The van der Waals surface area contributed by atoms with Gasteiger partial charge in [0.15, 0.2) is 0 Å². The molecule has 3 aromatic carbocycles. The topological polar surface area (TPSA) is 51.6 Å². The Hall–Kier alpha value is -0.504. The van der Waals surface area contributed by atoms with Gasteiger partial charge in [-0.3, -0.25) is 0 Å². The summed E-state index contributed by atoms with van der Waals surface area (Å²) in [6, 6.07) is 12.1. The van der Waals surface area contributed by atoms with E-state index in [1.165, 1.54) is 357 Å². The molecule has 92 heavy (non-hydrogen) atoms. The summed E-state index contributed by atoms with van der Waals surface area (Å²) < 4.78 is 35.9. The van der Waals surface area contributed by atoms with Gasteiger partial charge in [-0.2, -0.15) is 0 Å². The van der Waals surface area contributed by atoms with E-state index >= 15 is 0 Å². The van der Waals surface area contributed by atoms with Crippen LogP contribution in [0.3, 0.4) is 0 Å². The summed E-state index contributed by atoms with van der Waals surface area (Å²) in [4.78, 5) is 0. The molecule has 5 aromatic rings. The summed E-state index contributed by atoms with van der Waals surface area (Å²) in [6.45, 7) is 24.4. The Labute approximate surface area is 589 Å². The van der Waals surface area contributed by atoms with Gasteiger partial charge in [-0.1, -0.05) is 53.4 Å². The van der Waals surface area contributed by atoms with Crippen LogP contribution < -0.4 is 7.16 Å². The van der Waals surface area contributed by atoms with Crippen molar-refractivity contribution < 1.29 is 0 Å². The van der Waals surface area contributed by atoms with Gasteiger partial charge in [0, 0.05) is 0 Å². The van der Waals surface area contributed by atoms with Crippen molar-refractivity contribution in [2.24, 2.45) is 0 Å². The SMILES string of the molecule is CCCCCCCCCCC1(CCCCCCCCCC)c2cc3c(cc2-c2c1c[c]([Sn]([CH2]CCC)([CH2]CCC)[CH2]CCC)c1n[se]nc21)C(CCCCCCCCCC)(CCCCCCCCCC)c1c[c]([Sn]([CH2]CCC)([CH2]CCC)[CH2]CCC)c2n[se]nc2c1-3. The van der Waals surface area contributed by atoms with Crippen molar-refractivity contribution in [2.75, 3.05) is 0 Å². The van der Waals surface area contributed by atoms with Crippen LogP contribution in [0.15, 0.2) is 24.3 Å². The Morgan fingerprint density at radius 2 is 0.467 bits per heavy atom. The molecule has 4 nitrogen and oxygen atoms in total. The number of benzene rings is 3. The maximum atomic E-state index is 5.87. The zero-order valence-electron chi connectivity index (χ0n) is 62.1. The molecular weight excluding hydrogens is 1460 g/mol. The first-order valence-corrected chi connectivity index (χ1v) is 59.1. The Balaban J connectivity index is 1.56. The number of hydrogen-bond acceptors (Lipinski definition) is 4. The van der Waals surface area contributed by atoms with Gasteiger partial charge in [0.2, 0.25) is 0 Å². The number of aromatic nitrogens is 4. The molecule has 2 heterocycles. The number of nitrogens with zero attached hydrogens (tertiary/aromatic N) is 4. The zero-order valence-corrected chi connectivity index (χ0v) is 71.2. The molecule has 0 atom stereocenters. The first-order chi connectivity index (χ1) is 45.2. The van der Waals surface area contributed by atoms with E-state index in [2.05, 4.69) is 93.5 Å². The van der Waals surface area contributed by atoms with Crippen molar-refractivity contribution in [2.45, 2.75) is 415 Å². The van der Waals surface area contributed by atoms with E-state index in [0.29, 0.717) is 0 Å². The molecule has 0 N–H and O–H groups in total. The van der Waals surface area contributed by atoms with Crippen LogP contribution in [0, 0.1) is 0 Å². The van der Waals surface area contributed by atoms with Crippen molar-refractivity contribution in [1.82, 2.24) is 15.9 Å². The predicted molar refractivity (Wildman–Crippen MR) is 417 cm³/mol. The summed E-state index contributed by atoms with van der Waals surface area (Å²) >= 11 is -6.34. The number of unbranched alkanes of at least 4 members (excludes halogenated alkanes) is 34. The third-order valence-electron chi connectivity index (χ3n) is 23.9. The van der Waals surface area contributed by atoms with Gasteiger partial charge in [-0.25, -0.2) is 0 Å². The minimum absolute atomic E-state index is 0.0293. The van der Waals surface area contributed by atoms with Crippen LogP contribution in [0.4, 0.5) is 0 Å². The summed E-state index contributed by atoms with van der Waals surface area (Å²) in [5.74, 6) is 0. The third-order valence-corrected chi connectivity index (χ3v) is 57.2. The summed E-state index contributed by atoms with van der Waals surface area (Å²) in [7, 11) is 0. The Bertz CT molecular complexity index is 2550. The van der Waals surface area contributed by atoms with Crippen LogP contribution in [-0.2, 0) is 10.8 Å². The molecule has 0 unspecified atom stereocenters. The molecular formula is C84H142N4Se2Sn2. The summed E-state index contributed by atoms with van der Waals surface area (Å²) in [6.07, 6.45) is 65.2. The van der Waals surface area contributed by atoms with E-state index in [1.54, 1.807) is 44.5 Å². The zero-order chi connectivity index (χ0) is 65.3. The Morgan fingerprint density at radius 1 is 0.250 bits per heavy atom. The van der Waals surface area contributed by atoms with Crippen LogP contribution in [0.5, 0.6) is 0 Å². The molecule has 2 aliphatic carbocycles. The van der Waals surface area contributed by atoms with Gasteiger partial charge >= 0.3 is 542 Å². The van der Waals surface area contributed by atoms with Crippen LogP contribution in [0.1, 0.15) is 400 Å². The number of fused-ring (bicyclic) bond motifs is 10. The van der Waals surface area contributed by atoms with E-state index < -0.39 is 36.8 Å². The molecule has 0 spiro atoms. The van der Waals surface area contributed by atoms with E-state index in [0.717, 1.165) is 0 Å². The van der Waals surface area contributed by atoms with Gasteiger partial charge in [0.1, 0.15) is 0 Å². The third kappa shape index (κ3) is 20.4. The molecule has 518 valence electrons. The first-order valence-electron chi connectivity index (χ1n) is 41.0. The Kier molecular flexibility index (Phi) is 37.0. The molecule has 0 saturated carbocycles. The quantitative estimate of drug-likeness (QED) is 0.0288. The first kappa shape index (κ1) is 78.8. The van der Waals surface area contributed by atoms with Gasteiger partial charge in [0.25, 0.3) is 0 Å². The fourth-order valence-corrected chi connectivity index (χ4v) is 54.7. The average Bonchev–Trinajstić information content (AvgIpc) is 1.52. The molecule has 8 heteroatoms. The summed E-state index contributed by atoms with van der Waals surface area (Å²) in [5.41, 5.74) is 18.9. The monoisotopic (exact) mass is 1610 g/mol. The number of rotatable bonds is 56. The average molecular weight is 1600 g/mol. The Morgan fingerprint density at radius 3 is 0.707 bits per heavy atom. The molecule has 2 aromatic heterocycles. The van der Waals surface area contributed by atoms with Gasteiger partial charge in [-0.05, 0) is 0 Å². The molecule has 0 fully saturated rings. The normalized spacial score (nSPS) is 14.1. The molecule has 0 radical (unpaired) electrons. The van der Waals surface area contributed by atoms with Gasteiger partial charge < -0.3 is 0 Å². The van der Waals surface area contributed by atoms with E-state index in [1.807, 2.05) is 7.16 Å². The van der Waals surface area contributed by atoms with Crippen molar-refractivity contribution in [3.63, 3.8) is 0 Å². The molecule has 2 aliphatic rings. The standard InChI is InChI=1S/C60H88N4Se2.6C4H9.2Sn/c1-5-9-13-17-21-25-29-33-41-59(42-34-30-26-22-18-14-10-6-2)49-37-39-53-57(63-65-61-53)55(49)47-46-52-48(45-51(47)59)56-50(38-40-54-58(56)64-66-62-54)60(52,43-35-31-27-23-19-15-11-7-3)44-36-32-28-24-20-16-12-8-4;6*1-3-4-2;;/h37-38,45-46H,5-36,41-44H2,1-4H3;6*1,3-4H2,2H3;;. The van der Waals surface area contributed by atoms with Gasteiger partial charge in [-0.15, -0.1) is 0 Å². The second-order valence-corrected chi connectivity index (χ2v) is 59.3. The fourth-order valence-electron chi connectivity index (χ4n) is 18.3. The summed E-state index contributed by atoms with van der Waals surface area (Å²) in [5, 5.41) is 0. The maximum absolute atomic E-state index is 5.87. The second kappa shape index (κ2) is 43.2. The van der Waals surface area contributed by atoms with Crippen molar-refractivity contribution in [1.29, 1.82) is 0 Å². The fraction of sp³-hybridized carbons (Fsp3) is 0.786. The van der Waals surface area contributed by atoms with Crippen LogP contribution >= 0.6 is 0 Å². The molecule has 0 amide bonds.